The van der Waals surface area contributed by atoms with Gasteiger partial charge in [0.1, 0.15) is 0 Å². The van der Waals surface area contributed by atoms with Gasteiger partial charge in [0.15, 0.2) is 0 Å². The fourth-order valence-corrected chi connectivity index (χ4v) is 4.70. The van der Waals surface area contributed by atoms with Crippen molar-refractivity contribution in [2.45, 2.75) is 23.8 Å². The molecule has 1 aromatic carbocycles. The summed E-state index contributed by atoms with van der Waals surface area (Å²) >= 11 is 0. The monoisotopic (exact) mass is 346 g/mol. The Bertz CT molecular complexity index is 837. The first kappa shape index (κ1) is 16.6. The maximum Gasteiger partial charge on any atom is 0.337 e. The van der Waals surface area contributed by atoms with E-state index in [0.717, 1.165) is 18.4 Å². The van der Waals surface area contributed by atoms with Crippen LogP contribution in [-0.4, -0.2) is 37.3 Å². The summed E-state index contributed by atoms with van der Waals surface area (Å²) in [5, 5.41) is 0. The molecule has 6 nitrogen and oxygen atoms in total. The summed E-state index contributed by atoms with van der Waals surface area (Å²) < 4.78 is 32.2. The van der Waals surface area contributed by atoms with Gasteiger partial charge in [-0.15, -0.1) is 0 Å². The summed E-state index contributed by atoms with van der Waals surface area (Å²) in [6, 6.07) is 9.40. The zero-order chi connectivity index (χ0) is 17.2. The smallest absolute Gasteiger partial charge is 0.337 e. The Hall–Kier alpha value is -2.25. The quantitative estimate of drug-likeness (QED) is 0.795. The number of esters is 1. The van der Waals surface area contributed by atoms with Gasteiger partial charge in [-0.3, -0.25) is 4.98 Å². The third-order valence-corrected chi connectivity index (χ3v) is 6.04. The number of aromatic nitrogens is 1. The zero-order valence-electron chi connectivity index (χ0n) is 13.3. The number of hydrogen-bond donors (Lipinski definition) is 0. The number of pyridine rings is 1. The third-order valence-electron chi connectivity index (χ3n) is 4.13. The maximum absolute atomic E-state index is 13.0. The minimum atomic E-state index is -3.70. The van der Waals surface area contributed by atoms with Crippen molar-refractivity contribution in [3.8, 4) is 0 Å². The average molecular weight is 346 g/mol. The number of sulfonamides is 1. The molecule has 0 spiro atoms. The molecule has 1 aliphatic heterocycles. The Morgan fingerprint density at radius 2 is 2.12 bits per heavy atom. The van der Waals surface area contributed by atoms with Crippen LogP contribution in [0.15, 0.2) is 53.7 Å². The van der Waals surface area contributed by atoms with E-state index in [0.29, 0.717) is 6.54 Å². The number of rotatable bonds is 4. The number of ether oxygens (including phenoxy) is 1. The van der Waals surface area contributed by atoms with Gasteiger partial charge in [0, 0.05) is 18.9 Å². The van der Waals surface area contributed by atoms with E-state index in [1.165, 1.54) is 29.6 Å². The molecule has 0 amide bonds. The van der Waals surface area contributed by atoms with Crippen molar-refractivity contribution in [1.29, 1.82) is 0 Å². The molecular formula is C17H18N2O4S. The molecule has 0 bridgehead atoms. The van der Waals surface area contributed by atoms with E-state index >= 15 is 0 Å². The minimum Gasteiger partial charge on any atom is -0.465 e. The van der Waals surface area contributed by atoms with E-state index in [1.54, 1.807) is 24.5 Å². The van der Waals surface area contributed by atoms with Crippen LogP contribution in [0.2, 0.25) is 0 Å². The second kappa shape index (κ2) is 6.70. The Balaban J connectivity index is 1.97. The van der Waals surface area contributed by atoms with Crippen LogP contribution in [0.5, 0.6) is 0 Å². The summed E-state index contributed by atoms with van der Waals surface area (Å²) in [5.41, 5.74) is 1.10. The highest BCUT2D eigenvalue weighted by Crippen LogP contribution is 2.36. The molecule has 1 fully saturated rings. The Labute approximate surface area is 141 Å². The van der Waals surface area contributed by atoms with Crippen LogP contribution >= 0.6 is 0 Å². The summed E-state index contributed by atoms with van der Waals surface area (Å²) in [7, 11) is -2.44. The largest absolute Gasteiger partial charge is 0.465 e. The molecule has 0 aliphatic carbocycles. The Morgan fingerprint density at radius 1 is 1.29 bits per heavy atom. The van der Waals surface area contributed by atoms with Gasteiger partial charge in [-0.25, -0.2) is 13.2 Å². The Kier molecular flexibility index (Phi) is 4.64. The predicted molar refractivity (Wildman–Crippen MR) is 87.9 cm³/mol. The molecule has 0 saturated carbocycles. The van der Waals surface area contributed by atoms with Gasteiger partial charge in [0.25, 0.3) is 0 Å². The van der Waals surface area contributed by atoms with Crippen LogP contribution < -0.4 is 0 Å². The third kappa shape index (κ3) is 3.05. The van der Waals surface area contributed by atoms with Crippen molar-refractivity contribution in [2.75, 3.05) is 13.7 Å². The lowest BCUT2D eigenvalue weighted by Crippen LogP contribution is -2.30. The van der Waals surface area contributed by atoms with Crippen molar-refractivity contribution in [3.63, 3.8) is 0 Å². The first-order chi connectivity index (χ1) is 11.5. The van der Waals surface area contributed by atoms with Gasteiger partial charge in [-0.1, -0.05) is 12.1 Å². The van der Waals surface area contributed by atoms with Crippen molar-refractivity contribution >= 4 is 16.0 Å². The fraction of sp³-hybridized carbons (Fsp3) is 0.294. The van der Waals surface area contributed by atoms with Crippen LogP contribution in [0.25, 0.3) is 0 Å². The molecule has 3 rings (SSSR count). The SMILES string of the molecule is COC(=O)c1cccc(S(=O)(=O)N2CCCC2c2cccnc2)c1. The predicted octanol–water partition coefficient (Wildman–Crippen LogP) is 2.39. The topological polar surface area (TPSA) is 76.6 Å². The van der Waals surface area contributed by atoms with E-state index in [4.69, 9.17) is 0 Å². The van der Waals surface area contributed by atoms with Crippen LogP contribution in [0.1, 0.15) is 34.8 Å². The van der Waals surface area contributed by atoms with E-state index in [9.17, 15) is 13.2 Å². The molecule has 126 valence electrons. The van der Waals surface area contributed by atoms with Gasteiger partial charge < -0.3 is 4.74 Å². The zero-order valence-corrected chi connectivity index (χ0v) is 14.1. The summed E-state index contributed by atoms with van der Waals surface area (Å²) in [4.78, 5) is 15.8. The van der Waals surface area contributed by atoms with Gasteiger partial charge in [0.05, 0.1) is 23.6 Å². The fourth-order valence-electron chi connectivity index (χ4n) is 2.97. The molecule has 1 aliphatic rings. The first-order valence-corrected chi connectivity index (χ1v) is 9.08. The highest BCUT2D eigenvalue weighted by Gasteiger charge is 2.36. The van der Waals surface area contributed by atoms with Crippen molar-refractivity contribution in [3.05, 3.63) is 59.9 Å². The second-order valence-corrected chi connectivity index (χ2v) is 7.47. The molecule has 0 N–H and O–H groups in total. The normalized spacial score (nSPS) is 18.5. The molecule has 1 atom stereocenters. The molecule has 1 unspecified atom stereocenters. The van der Waals surface area contributed by atoms with E-state index in [2.05, 4.69) is 9.72 Å². The highest BCUT2D eigenvalue weighted by molar-refractivity contribution is 7.89. The highest BCUT2D eigenvalue weighted by atomic mass is 32.2. The van der Waals surface area contributed by atoms with E-state index in [1.807, 2.05) is 6.07 Å². The molecular weight excluding hydrogens is 328 g/mol. The van der Waals surface area contributed by atoms with Gasteiger partial charge in [-0.05, 0) is 42.7 Å². The molecule has 2 heterocycles. The van der Waals surface area contributed by atoms with E-state index in [-0.39, 0.29) is 16.5 Å². The second-order valence-electron chi connectivity index (χ2n) is 5.58. The van der Waals surface area contributed by atoms with Gasteiger partial charge in [-0.2, -0.15) is 4.31 Å². The summed E-state index contributed by atoms with van der Waals surface area (Å²) in [5.74, 6) is -0.558. The number of hydrogen-bond acceptors (Lipinski definition) is 5. The molecule has 2 aromatic rings. The molecule has 1 saturated heterocycles. The number of carbonyl (C=O) groups excluding carboxylic acids is 1. The lowest BCUT2D eigenvalue weighted by atomic mass is 10.1. The maximum atomic E-state index is 13.0. The summed E-state index contributed by atoms with van der Waals surface area (Å²) in [6.45, 7) is 0.449. The van der Waals surface area contributed by atoms with Gasteiger partial charge in [0.2, 0.25) is 10.0 Å². The van der Waals surface area contributed by atoms with Crippen molar-refractivity contribution in [2.24, 2.45) is 0 Å². The van der Waals surface area contributed by atoms with Crippen LogP contribution in [-0.2, 0) is 14.8 Å². The minimum absolute atomic E-state index is 0.0983. The van der Waals surface area contributed by atoms with Crippen LogP contribution in [0.4, 0.5) is 0 Å². The standard InChI is InChI=1S/C17H18N2O4S/c1-23-17(20)13-5-2-7-15(11-13)24(21,22)19-10-4-8-16(19)14-6-3-9-18-12-14/h2-3,5-7,9,11-12,16H,4,8,10H2,1H3. The first-order valence-electron chi connectivity index (χ1n) is 7.64. The van der Waals surface area contributed by atoms with Crippen LogP contribution in [0.3, 0.4) is 0 Å². The van der Waals surface area contributed by atoms with Gasteiger partial charge >= 0.3 is 5.97 Å². The molecule has 7 heteroatoms. The van der Waals surface area contributed by atoms with Crippen LogP contribution in [0, 0.1) is 0 Å². The number of methoxy groups -OCH3 is 1. The molecule has 0 radical (unpaired) electrons. The number of nitrogens with zero attached hydrogens (tertiary/aromatic N) is 2. The molecule has 1 aromatic heterocycles. The number of benzene rings is 1. The lowest BCUT2D eigenvalue weighted by Gasteiger charge is -2.24. The lowest BCUT2D eigenvalue weighted by molar-refractivity contribution is 0.0600. The van der Waals surface area contributed by atoms with Crippen molar-refractivity contribution in [1.82, 2.24) is 9.29 Å². The molecule has 24 heavy (non-hydrogen) atoms. The van der Waals surface area contributed by atoms with Crippen molar-refractivity contribution < 1.29 is 17.9 Å². The summed E-state index contributed by atoms with van der Waals surface area (Å²) in [6.07, 6.45) is 4.90. The average Bonchev–Trinajstić information content (AvgIpc) is 3.12. The Morgan fingerprint density at radius 3 is 2.83 bits per heavy atom. The van der Waals surface area contributed by atoms with E-state index < -0.39 is 16.0 Å². The number of carbonyl (C=O) groups is 1.